The topological polar surface area (TPSA) is 90.4 Å². The van der Waals surface area contributed by atoms with Gasteiger partial charge in [0, 0.05) is 31.8 Å². The van der Waals surface area contributed by atoms with Crippen LogP contribution in [0.15, 0.2) is 41.5 Å². The molecule has 3 heterocycles. The lowest BCUT2D eigenvalue weighted by molar-refractivity contribution is -0.159. The number of carbonyl (C=O) groups is 4. The fourth-order valence-corrected chi connectivity index (χ4v) is 7.41. The summed E-state index contributed by atoms with van der Waals surface area (Å²) in [5.41, 5.74) is 1.43. The number of imide groups is 1. The van der Waals surface area contributed by atoms with Crippen LogP contribution in [0.4, 0.5) is 4.39 Å². The molecule has 0 radical (unpaired) electrons. The van der Waals surface area contributed by atoms with E-state index in [0.29, 0.717) is 45.2 Å². The number of amides is 4. The maximum absolute atomic E-state index is 13.6. The van der Waals surface area contributed by atoms with Gasteiger partial charge in [-0.25, -0.2) is 9.40 Å². The maximum atomic E-state index is 13.6. The fraction of sp³-hybridized carbons (Fsp3) is 0.581. The lowest BCUT2D eigenvalue weighted by Gasteiger charge is -2.43. The van der Waals surface area contributed by atoms with Crippen molar-refractivity contribution in [3.05, 3.63) is 47.8 Å². The molecule has 2 aliphatic carbocycles. The van der Waals surface area contributed by atoms with Crippen molar-refractivity contribution < 1.29 is 23.6 Å². The third kappa shape index (κ3) is 5.10. The highest BCUT2D eigenvalue weighted by molar-refractivity contribution is 6.07. The zero-order chi connectivity index (χ0) is 27.9. The molecule has 8 nitrogen and oxygen atoms in total. The number of nitrogens with zero attached hydrogens (tertiary/aromatic N) is 4. The maximum Gasteiger partial charge on any atom is 0.247 e. The van der Waals surface area contributed by atoms with Crippen LogP contribution in [0.5, 0.6) is 0 Å². The van der Waals surface area contributed by atoms with Gasteiger partial charge < -0.3 is 4.90 Å². The minimum Gasteiger partial charge on any atom is -0.341 e. The Labute approximate surface area is 234 Å². The quantitative estimate of drug-likeness (QED) is 0.420. The van der Waals surface area contributed by atoms with Crippen LogP contribution in [0.1, 0.15) is 76.2 Å². The van der Waals surface area contributed by atoms with Crippen molar-refractivity contribution in [2.24, 2.45) is 22.4 Å². The third-order valence-electron chi connectivity index (χ3n) is 9.71. The summed E-state index contributed by atoms with van der Waals surface area (Å²) in [5, 5.41) is 6.45. The van der Waals surface area contributed by atoms with Crippen LogP contribution < -0.4 is 0 Å². The van der Waals surface area contributed by atoms with E-state index >= 15 is 0 Å². The molecule has 2 atom stereocenters. The summed E-state index contributed by atoms with van der Waals surface area (Å²) < 4.78 is 13.6. The Balaban J connectivity index is 1.10. The van der Waals surface area contributed by atoms with Gasteiger partial charge in [0.2, 0.25) is 23.6 Å². The summed E-state index contributed by atoms with van der Waals surface area (Å²) in [7, 11) is 0. The highest BCUT2D eigenvalue weighted by Gasteiger charge is 2.46. The number of piperidine rings is 2. The zero-order valence-corrected chi connectivity index (χ0v) is 22.9. The number of allylic oxidation sites excluding steroid dienone is 2. The molecule has 3 aliphatic heterocycles. The number of fused-ring (bicyclic) bond motifs is 1. The molecule has 1 aromatic rings. The molecular formula is C31H37FN4O4. The van der Waals surface area contributed by atoms with Gasteiger partial charge in [0.05, 0.1) is 17.7 Å². The number of benzene rings is 1. The number of halogens is 1. The monoisotopic (exact) mass is 548 g/mol. The second-order valence-corrected chi connectivity index (χ2v) is 12.2. The predicted molar refractivity (Wildman–Crippen MR) is 146 cm³/mol. The van der Waals surface area contributed by atoms with Crippen molar-refractivity contribution in [2.45, 2.75) is 76.7 Å². The second-order valence-electron chi connectivity index (χ2n) is 12.2. The first-order valence-electron chi connectivity index (χ1n) is 14.8. The summed E-state index contributed by atoms with van der Waals surface area (Å²) in [5.74, 6) is -1.22. The molecule has 0 bridgehead atoms. The smallest absolute Gasteiger partial charge is 0.247 e. The van der Waals surface area contributed by atoms with E-state index in [-0.39, 0.29) is 59.3 Å². The first kappa shape index (κ1) is 26.8. The van der Waals surface area contributed by atoms with Gasteiger partial charge >= 0.3 is 0 Å². The molecule has 40 heavy (non-hydrogen) atoms. The molecule has 4 amide bonds. The van der Waals surface area contributed by atoms with E-state index in [2.05, 4.69) is 6.08 Å². The molecule has 9 heteroatoms. The van der Waals surface area contributed by atoms with Crippen LogP contribution >= 0.6 is 0 Å². The third-order valence-corrected chi connectivity index (χ3v) is 9.71. The Bertz CT molecular complexity index is 1220. The lowest BCUT2D eigenvalue weighted by Crippen LogP contribution is -2.55. The van der Waals surface area contributed by atoms with E-state index in [0.717, 1.165) is 49.8 Å². The Kier molecular flexibility index (Phi) is 7.31. The average molecular weight is 549 g/mol. The van der Waals surface area contributed by atoms with Crippen LogP contribution in [0.2, 0.25) is 0 Å². The highest BCUT2D eigenvalue weighted by Crippen LogP contribution is 2.45. The molecule has 5 aliphatic rings. The van der Waals surface area contributed by atoms with Crippen LogP contribution in [0, 0.1) is 23.1 Å². The molecule has 1 saturated carbocycles. The molecular weight excluding hydrogens is 511 g/mol. The Morgan fingerprint density at radius 1 is 0.900 bits per heavy atom. The molecule has 6 rings (SSSR count). The minimum absolute atomic E-state index is 0.00569. The van der Waals surface area contributed by atoms with Crippen molar-refractivity contribution in [1.29, 1.82) is 0 Å². The van der Waals surface area contributed by atoms with Gasteiger partial charge in [-0.1, -0.05) is 43.5 Å². The number of hydrogen-bond acceptors (Lipinski definition) is 5. The van der Waals surface area contributed by atoms with Crippen LogP contribution in [-0.4, -0.2) is 69.8 Å². The van der Waals surface area contributed by atoms with Crippen molar-refractivity contribution >= 4 is 29.3 Å². The Hall–Kier alpha value is -3.36. The van der Waals surface area contributed by atoms with Crippen LogP contribution in [0.3, 0.4) is 0 Å². The van der Waals surface area contributed by atoms with Gasteiger partial charge in [-0.2, -0.15) is 5.10 Å². The summed E-state index contributed by atoms with van der Waals surface area (Å²) in [6.07, 6.45) is 12.5. The molecule has 1 aromatic carbocycles. The molecule has 0 unspecified atom stereocenters. The average Bonchev–Trinajstić information content (AvgIpc) is 2.96. The van der Waals surface area contributed by atoms with Gasteiger partial charge in [0.25, 0.3) is 0 Å². The highest BCUT2D eigenvalue weighted by atomic mass is 19.1. The number of rotatable bonds is 4. The van der Waals surface area contributed by atoms with E-state index in [9.17, 15) is 23.6 Å². The normalized spacial score (nSPS) is 27.2. The zero-order valence-electron chi connectivity index (χ0n) is 22.9. The lowest BCUT2D eigenvalue weighted by atomic mass is 9.67. The van der Waals surface area contributed by atoms with Gasteiger partial charge in [-0.05, 0) is 61.6 Å². The summed E-state index contributed by atoms with van der Waals surface area (Å²) in [4.78, 5) is 55.4. The minimum atomic E-state index is -0.313. The number of carbonyl (C=O) groups excluding carboxylic acids is 4. The van der Waals surface area contributed by atoms with Gasteiger partial charge in [0.15, 0.2) is 0 Å². The van der Waals surface area contributed by atoms with E-state index in [1.54, 1.807) is 22.0 Å². The predicted octanol–water partition coefficient (Wildman–Crippen LogP) is 4.04. The van der Waals surface area contributed by atoms with E-state index in [4.69, 9.17) is 5.10 Å². The number of hydrogen-bond donors (Lipinski definition) is 0. The fourth-order valence-electron chi connectivity index (χ4n) is 7.41. The van der Waals surface area contributed by atoms with Gasteiger partial charge in [-0.3, -0.25) is 24.1 Å². The standard InChI is InChI=1S/C31H37FN4O4/c32-22-10-8-21(9-11-22)29-24-6-2-3-7-25(24)30(40)36(33-29)23-12-16-34(17-13-23)28(39)20-35-26(37)18-31(19-27(35)38)14-4-1-5-15-31/h2-3,8-11,23-25H,1,4-7,12-20H2/t24-,25+/m0/s1. The van der Waals surface area contributed by atoms with Crippen molar-refractivity contribution in [1.82, 2.24) is 14.8 Å². The molecule has 212 valence electrons. The summed E-state index contributed by atoms with van der Waals surface area (Å²) in [6, 6.07) is 6.13. The molecule has 1 spiro atoms. The largest absolute Gasteiger partial charge is 0.341 e. The molecule has 3 fully saturated rings. The number of hydrazone groups is 1. The second kappa shape index (κ2) is 10.9. The Morgan fingerprint density at radius 3 is 2.17 bits per heavy atom. The van der Waals surface area contributed by atoms with Crippen LogP contribution in [-0.2, 0) is 19.2 Å². The van der Waals surface area contributed by atoms with Gasteiger partial charge in [0.1, 0.15) is 12.4 Å². The first-order valence-corrected chi connectivity index (χ1v) is 14.8. The summed E-state index contributed by atoms with van der Waals surface area (Å²) in [6.45, 7) is 0.662. The number of likely N-dealkylation sites (tertiary alicyclic amines) is 2. The van der Waals surface area contributed by atoms with Gasteiger partial charge in [-0.15, -0.1) is 0 Å². The van der Waals surface area contributed by atoms with E-state index < -0.39 is 0 Å². The molecule has 0 aromatic heterocycles. The summed E-state index contributed by atoms with van der Waals surface area (Å²) >= 11 is 0. The Morgan fingerprint density at radius 2 is 1.52 bits per heavy atom. The van der Waals surface area contributed by atoms with Crippen molar-refractivity contribution in [2.75, 3.05) is 19.6 Å². The SMILES string of the molecule is O=C(CN1C(=O)CC2(CCCCC2)CC1=O)N1CCC(N2N=C(c3ccc(F)cc3)[C@H]3CC=CC[C@H]3C2=O)CC1. The molecule has 2 saturated heterocycles. The van der Waals surface area contributed by atoms with Crippen molar-refractivity contribution in [3.8, 4) is 0 Å². The van der Waals surface area contributed by atoms with Crippen molar-refractivity contribution in [3.63, 3.8) is 0 Å². The van der Waals surface area contributed by atoms with Crippen LogP contribution in [0.25, 0.3) is 0 Å². The van der Waals surface area contributed by atoms with E-state index in [1.807, 2.05) is 6.08 Å². The first-order chi connectivity index (χ1) is 19.3. The molecule has 0 N–H and O–H groups in total. The van der Waals surface area contributed by atoms with E-state index in [1.165, 1.54) is 17.0 Å².